The first kappa shape index (κ1) is 13.5. The quantitative estimate of drug-likeness (QED) is 0.924. The van der Waals surface area contributed by atoms with Gasteiger partial charge in [-0.05, 0) is 61.7 Å². The molecule has 0 saturated heterocycles. The van der Waals surface area contributed by atoms with Crippen LogP contribution in [0.2, 0.25) is 0 Å². The molecule has 0 radical (unpaired) electrons. The fourth-order valence-electron chi connectivity index (χ4n) is 5.64. The summed E-state index contributed by atoms with van der Waals surface area (Å²) in [6.07, 6.45) is 9.65. The van der Waals surface area contributed by atoms with Crippen LogP contribution in [-0.2, 0) is 6.42 Å². The van der Waals surface area contributed by atoms with Gasteiger partial charge in [0.15, 0.2) is 0 Å². The van der Waals surface area contributed by atoms with Crippen molar-refractivity contribution in [2.45, 2.75) is 44.6 Å². The molecule has 1 unspecified atom stereocenters. The number of nitrogens with zero attached hydrogens (tertiary/aromatic N) is 2. The maximum atomic E-state index is 6.62. The molecule has 4 aliphatic carbocycles. The van der Waals surface area contributed by atoms with Gasteiger partial charge in [-0.2, -0.15) is 0 Å². The molecule has 0 amide bonds. The zero-order valence-electron chi connectivity index (χ0n) is 12.7. The smallest absolute Gasteiger partial charge is 0.216 e. The van der Waals surface area contributed by atoms with Crippen molar-refractivity contribution in [2.75, 3.05) is 7.11 Å². The largest absolute Gasteiger partial charge is 0.481 e. The fraction of sp³-hybridized carbons (Fsp3) is 0.765. The molecular weight excluding hydrogens is 262 g/mol. The van der Waals surface area contributed by atoms with Gasteiger partial charge in [-0.25, -0.2) is 9.97 Å². The lowest BCUT2D eigenvalue weighted by atomic mass is 9.50. The van der Waals surface area contributed by atoms with Crippen LogP contribution in [0.1, 0.15) is 37.8 Å². The first-order valence-corrected chi connectivity index (χ1v) is 8.33. The van der Waals surface area contributed by atoms with Gasteiger partial charge in [-0.3, -0.25) is 0 Å². The van der Waals surface area contributed by atoms with Crippen LogP contribution in [0.15, 0.2) is 12.4 Å². The molecule has 2 N–H and O–H groups in total. The summed E-state index contributed by atoms with van der Waals surface area (Å²) in [6.45, 7) is 0. The second kappa shape index (κ2) is 5.24. The molecule has 1 heterocycles. The molecule has 0 aliphatic heterocycles. The van der Waals surface area contributed by atoms with Gasteiger partial charge in [0.2, 0.25) is 5.88 Å². The van der Waals surface area contributed by atoms with Crippen LogP contribution in [0.4, 0.5) is 0 Å². The number of aromatic nitrogens is 2. The molecule has 21 heavy (non-hydrogen) atoms. The van der Waals surface area contributed by atoms with Crippen molar-refractivity contribution in [3.63, 3.8) is 0 Å². The van der Waals surface area contributed by atoms with Gasteiger partial charge in [0.1, 0.15) is 6.33 Å². The summed E-state index contributed by atoms with van der Waals surface area (Å²) in [5, 5.41) is 0. The van der Waals surface area contributed by atoms with Crippen molar-refractivity contribution >= 4 is 0 Å². The highest BCUT2D eigenvalue weighted by atomic mass is 16.5. The first-order chi connectivity index (χ1) is 10.2. The number of nitrogens with two attached hydrogens (primary N) is 1. The Balaban J connectivity index is 1.48. The van der Waals surface area contributed by atoms with E-state index in [1.54, 1.807) is 13.4 Å². The molecule has 5 rings (SSSR count). The molecule has 114 valence electrons. The predicted octanol–water partition coefficient (Wildman–Crippen LogP) is 2.43. The Morgan fingerprint density at radius 1 is 1.14 bits per heavy atom. The average Bonchev–Trinajstić information content (AvgIpc) is 2.46. The van der Waals surface area contributed by atoms with E-state index in [1.165, 1.54) is 32.1 Å². The van der Waals surface area contributed by atoms with Gasteiger partial charge < -0.3 is 10.5 Å². The number of ether oxygens (including phenoxy) is 1. The number of hydrogen-bond acceptors (Lipinski definition) is 4. The molecule has 4 saturated carbocycles. The van der Waals surface area contributed by atoms with Crippen molar-refractivity contribution in [3.8, 4) is 5.88 Å². The Kier molecular flexibility index (Phi) is 3.37. The van der Waals surface area contributed by atoms with Crippen molar-refractivity contribution in [2.24, 2.45) is 35.3 Å². The second-order valence-electron chi connectivity index (χ2n) is 7.43. The molecule has 1 aromatic heterocycles. The zero-order valence-corrected chi connectivity index (χ0v) is 12.7. The van der Waals surface area contributed by atoms with E-state index in [0.717, 1.165) is 35.8 Å². The van der Waals surface area contributed by atoms with Crippen molar-refractivity contribution in [1.82, 2.24) is 9.97 Å². The van der Waals surface area contributed by atoms with Crippen LogP contribution in [0.25, 0.3) is 0 Å². The molecule has 4 bridgehead atoms. The summed E-state index contributed by atoms with van der Waals surface area (Å²) in [4.78, 5) is 8.45. The summed E-state index contributed by atoms with van der Waals surface area (Å²) in [5.41, 5.74) is 7.64. The fourth-order valence-corrected chi connectivity index (χ4v) is 5.64. The molecule has 4 aliphatic rings. The first-order valence-electron chi connectivity index (χ1n) is 8.33. The number of hydrogen-bond donors (Lipinski definition) is 1. The topological polar surface area (TPSA) is 61.0 Å². The van der Waals surface area contributed by atoms with Gasteiger partial charge in [0.05, 0.1) is 7.11 Å². The molecular formula is C17H25N3O. The summed E-state index contributed by atoms with van der Waals surface area (Å²) < 4.78 is 5.18. The average molecular weight is 287 g/mol. The van der Waals surface area contributed by atoms with Crippen LogP contribution in [0.5, 0.6) is 5.88 Å². The van der Waals surface area contributed by atoms with E-state index in [0.29, 0.717) is 11.8 Å². The second-order valence-corrected chi connectivity index (χ2v) is 7.43. The van der Waals surface area contributed by atoms with E-state index in [9.17, 15) is 0 Å². The maximum Gasteiger partial charge on any atom is 0.216 e. The molecule has 4 fully saturated rings. The lowest BCUT2D eigenvalue weighted by Crippen LogP contribution is -2.52. The van der Waals surface area contributed by atoms with E-state index < -0.39 is 0 Å². The molecule has 1 aromatic rings. The standard InChI is InChI=1S/C17H25N3O/c1-21-16-8-14(19-9-20-16)7-15(18)17-12-3-10-2-11(5-12)6-13(17)4-10/h8-13,15,17H,2-7,18H2,1H3. The molecule has 1 atom stereocenters. The zero-order chi connectivity index (χ0) is 14.4. The Labute approximate surface area is 126 Å². The van der Waals surface area contributed by atoms with Crippen LogP contribution in [-0.4, -0.2) is 23.1 Å². The highest BCUT2D eigenvalue weighted by Gasteiger charge is 2.49. The Morgan fingerprint density at radius 3 is 2.43 bits per heavy atom. The molecule has 4 nitrogen and oxygen atoms in total. The third-order valence-electron chi connectivity index (χ3n) is 6.15. The highest BCUT2D eigenvalue weighted by Crippen LogP contribution is 2.57. The van der Waals surface area contributed by atoms with Gasteiger partial charge in [0, 0.05) is 24.2 Å². The van der Waals surface area contributed by atoms with E-state index in [1.807, 2.05) is 6.07 Å². The molecule has 0 spiro atoms. The van der Waals surface area contributed by atoms with Gasteiger partial charge >= 0.3 is 0 Å². The maximum absolute atomic E-state index is 6.62. The predicted molar refractivity (Wildman–Crippen MR) is 80.8 cm³/mol. The normalized spacial score (nSPS) is 38.5. The van der Waals surface area contributed by atoms with E-state index in [2.05, 4.69) is 9.97 Å². The van der Waals surface area contributed by atoms with E-state index in [4.69, 9.17) is 10.5 Å². The third-order valence-corrected chi connectivity index (χ3v) is 6.15. The van der Waals surface area contributed by atoms with E-state index >= 15 is 0 Å². The Hall–Kier alpha value is -1.16. The lowest BCUT2D eigenvalue weighted by Gasteiger charge is -2.56. The minimum Gasteiger partial charge on any atom is -0.481 e. The van der Waals surface area contributed by atoms with Crippen LogP contribution < -0.4 is 10.5 Å². The van der Waals surface area contributed by atoms with Crippen molar-refractivity contribution in [3.05, 3.63) is 18.1 Å². The lowest BCUT2D eigenvalue weighted by molar-refractivity contribution is -0.0465. The van der Waals surface area contributed by atoms with Gasteiger partial charge in [-0.1, -0.05) is 0 Å². The molecule has 4 heteroatoms. The minimum absolute atomic E-state index is 0.236. The van der Waals surface area contributed by atoms with Crippen molar-refractivity contribution in [1.29, 1.82) is 0 Å². The highest BCUT2D eigenvalue weighted by molar-refractivity contribution is 5.15. The Bertz CT molecular complexity index is 491. The summed E-state index contributed by atoms with van der Waals surface area (Å²) >= 11 is 0. The summed E-state index contributed by atoms with van der Waals surface area (Å²) in [5.74, 6) is 5.11. The van der Waals surface area contributed by atoms with Gasteiger partial charge in [0.25, 0.3) is 0 Å². The van der Waals surface area contributed by atoms with Gasteiger partial charge in [-0.15, -0.1) is 0 Å². The van der Waals surface area contributed by atoms with Crippen LogP contribution in [0, 0.1) is 29.6 Å². The number of methoxy groups -OCH3 is 1. The number of rotatable bonds is 4. The monoisotopic (exact) mass is 287 g/mol. The van der Waals surface area contributed by atoms with Crippen LogP contribution >= 0.6 is 0 Å². The van der Waals surface area contributed by atoms with Crippen LogP contribution in [0.3, 0.4) is 0 Å². The van der Waals surface area contributed by atoms with E-state index in [-0.39, 0.29) is 6.04 Å². The summed E-state index contributed by atoms with van der Waals surface area (Å²) in [7, 11) is 1.64. The van der Waals surface area contributed by atoms with Crippen molar-refractivity contribution < 1.29 is 4.74 Å². The third kappa shape index (κ3) is 2.44. The minimum atomic E-state index is 0.236. The Morgan fingerprint density at radius 2 is 1.81 bits per heavy atom. The summed E-state index contributed by atoms with van der Waals surface area (Å²) in [6, 6.07) is 2.16. The molecule has 0 aromatic carbocycles. The SMILES string of the molecule is COc1cc(CC(N)C2C3CC4CC(C3)CC2C4)ncn1.